The molecule has 1 fully saturated rings. The zero-order chi connectivity index (χ0) is 19.7. The molecule has 4 rings (SSSR count). The number of carbonyl (C=O) groups is 1. The van der Waals surface area contributed by atoms with Gasteiger partial charge in [0, 0.05) is 43.0 Å². The number of likely N-dealkylation sites (tertiary alicyclic amines) is 1. The number of aromatic nitrogens is 1. The van der Waals surface area contributed by atoms with Crippen molar-refractivity contribution in [1.82, 2.24) is 9.88 Å². The Morgan fingerprint density at radius 2 is 1.93 bits per heavy atom. The molecule has 2 aromatic carbocycles. The molecule has 0 atom stereocenters. The minimum absolute atomic E-state index is 0.0111. The second-order valence-electron chi connectivity index (χ2n) is 6.99. The SMILES string of the molecule is COc1cc(C(=O)N2CC(OC)C2)ccc1Nc1ccnc2cc(C)ccc12. The van der Waals surface area contributed by atoms with Gasteiger partial charge in [-0.2, -0.15) is 0 Å². The molecule has 1 amide bonds. The Bertz CT molecular complexity index is 1030. The first-order valence-corrected chi connectivity index (χ1v) is 9.21. The summed E-state index contributed by atoms with van der Waals surface area (Å²) in [5.41, 5.74) is 4.44. The van der Waals surface area contributed by atoms with E-state index in [4.69, 9.17) is 9.47 Å². The van der Waals surface area contributed by atoms with E-state index in [1.54, 1.807) is 31.4 Å². The minimum Gasteiger partial charge on any atom is -0.495 e. The molecular weight excluding hydrogens is 354 g/mol. The molecule has 1 aromatic heterocycles. The van der Waals surface area contributed by atoms with Crippen LogP contribution in [0.3, 0.4) is 0 Å². The van der Waals surface area contributed by atoms with E-state index in [1.807, 2.05) is 25.1 Å². The van der Waals surface area contributed by atoms with Crippen molar-refractivity contribution in [3.63, 3.8) is 0 Å². The van der Waals surface area contributed by atoms with E-state index in [0.29, 0.717) is 24.4 Å². The van der Waals surface area contributed by atoms with E-state index >= 15 is 0 Å². The van der Waals surface area contributed by atoms with E-state index in [-0.39, 0.29) is 12.0 Å². The number of nitrogens with zero attached hydrogens (tertiary/aromatic N) is 2. The molecule has 0 unspecified atom stereocenters. The average molecular weight is 377 g/mol. The molecule has 0 aliphatic carbocycles. The summed E-state index contributed by atoms with van der Waals surface area (Å²) in [6.07, 6.45) is 1.92. The van der Waals surface area contributed by atoms with Crippen molar-refractivity contribution in [2.75, 3.05) is 32.6 Å². The summed E-state index contributed by atoms with van der Waals surface area (Å²) >= 11 is 0. The average Bonchev–Trinajstić information content (AvgIpc) is 2.67. The summed E-state index contributed by atoms with van der Waals surface area (Å²) in [6, 6.07) is 13.6. The molecule has 6 nitrogen and oxygen atoms in total. The van der Waals surface area contributed by atoms with E-state index in [2.05, 4.69) is 28.5 Å². The Balaban J connectivity index is 1.60. The fourth-order valence-corrected chi connectivity index (χ4v) is 3.38. The van der Waals surface area contributed by atoms with Crippen molar-refractivity contribution >= 4 is 28.2 Å². The quantitative estimate of drug-likeness (QED) is 0.733. The lowest BCUT2D eigenvalue weighted by Gasteiger charge is -2.38. The maximum atomic E-state index is 12.6. The Morgan fingerprint density at radius 1 is 1.11 bits per heavy atom. The molecule has 0 radical (unpaired) electrons. The highest BCUT2D eigenvalue weighted by Crippen LogP contribution is 2.32. The number of carbonyl (C=O) groups excluding carboxylic acids is 1. The highest BCUT2D eigenvalue weighted by atomic mass is 16.5. The predicted molar refractivity (Wildman–Crippen MR) is 109 cm³/mol. The van der Waals surface area contributed by atoms with E-state index in [0.717, 1.165) is 22.3 Å². The first-order chi connectivity index (χ1) is 13.6. The summed E-state index contributed by atoms with van der Waals surface area (Å²) in [5.74, 6) is 0.606. The van der Waals surface area contributed by atoms with E-state index in [9.17, 15) is 4.79 Å². The lowest BCUT2D eigenvalue weighted by Crippen LogP contribution is -2.54. The minimum atomic E-state index is -0.0111. The predicted octanol–water partition coefficient (Wildman–Crippen LogP) is 3.77. The summed E-state index contributed by atoms with van der Waals surface area (Å²) < 4.78 is 10.8. The molecule has 6 heteroatoms. The second kappa shape index (κ2) is 7.48. The Hall–Kier alpha value is -3.12. The van der Waals surface area contributed by atoms with Crippen molar-refractivity contribution < 1.29 is 14.3 Å². The smallest absolute Gasteiger partial charge is 0.254 e. The zero-order valence-electron chi connectivity index (χ0n) is 16.2. The Kier molecular flexibility index (Phi) is 4.88. The molecule has 144 valence electrons. The van der Waals surface area contributed by atoms with Gasteiger partial charge in [0.05, 0.1) is 24.4 Å². The number of fused-ring (bicyclic) bond motifs is 1. The third-order valence-corrected chi connectivity index (χ3v) is 5.08. The van der Waals surface area contributed by atoms with Crippen LogP contribution in [0.15, 0.2) is 48.7 Å². The fraction of sp³-hybridized carbons (Fsp3) is 0.273. The van der Waals surface area contributed by atoms with Crippen LogP contribution in [-0.2, 0) is 4.74 Å². The van der Waals surface area contributed by atoms with Crippen molar-refractivity contribution in [3.8, 4) is 5.75 Å². The zero-order valence-corrected chi connectivity index (χ0v) is 16.2. The van der Waals surface area contributed by atoms with Crippen LogP contribution in [0.1, 0.15) is 15.9 Å². The number of benzene rings is 2. The van der Waals surface area contributed by atoms with Crippen molar-refractivity contribution in [3.05, 3.63) is 59.8 Å². The van der Waals surface area contributed by atoms with Gasteiger partial charge in [-0.15, -0.1) is 0 Å². The molecule has 1 saturated heterocycles. The summed E-state index contributed by atoms with van der Waals surface area (Å²) in [6.45, 7) is 3.30. The van der Waals surface area contributed by atoms with Gasteiger partial charge in [0.1, 0.15) is 5.75 Å². The van der Waals surface area contributed by atoms with Gasteiger partial charge in [-0.25, -0.2) is 0 Å². The third-order valence-electron chi connectivity index (χ3n) is 5.08. The van der Waals surface area contributed by atoms with Crippen LogP contribution in [0.4, 0.5) is 11.4 Å². The molecule has 0 bridgehead atoms. The monoisotopic (exact) mass is 377 g/mol. The standard InChI is InChI=1S/C22H23N3O3/c1-14-4-6-17-18(8-9-23-20(17)10-14)24-19-7-5-15(11-21(19)28-3)22(26)25-12-16(13-25)27-2/h4-11,16H,12-13H2,1-3H3,(H,23,24). The number of rotatable bonds is 5. The first kappa shape index (κ1) is 18.3. The number of hydrogen-bond acceptors (Lipinski definition) is 5. The van der Waals surface area contributed by atoms with E-state index < -0.39 is 0 Å². The lowest BCUT2D eigenvalue weighted by molar-refractivity contribution is -0.0192. The van der Waals surface area contributed by atoms with Gasteiger partial charge in [0.15, 0.2) is 0 Å². The lowest BCUT2D eigenvalue weighted by atomic mass is 10.1. The topological polar surface area (TPSA) is 63.7 Å². The van der Waals surface area contributed by atoms with Crippen LogP contribution in [0.2, 0.25) is 0 Å². The number of methoxy groups -OCH3 is 2. The largest absolute Gasteiger partial charge is 0.495 e. The molecule has 28 heavy (non-hydrogen) atoms. The maximum Gasteiger partial charge on any atom is 0.254 e. The van der Waals surface area contributed by atoms with Gasteiger partial charge in [0.25, 0.3) is 5.91 Å². The van der Waals surface area contributed by atoms with Crippen LogP contribution in [0, 0.1) is 6.92 Å². The number of amides is 1. The summed E-state index contributed by atoms with van der Waals surface area (Å²) in [4.78, 5) is 18.8. The van der Waals surface area contributed by atoms with Gasteiger partial charge in [-0.1, -0.05) is 12.1 Å². The number of aryl methyl sites for hydroxylation is 1. The molecule has 2 heterocycles. The highest BCUT2D eigenvalue weighted by Gasteiger charge is 2.31. The molecular formula is C22H23N3O3. The van der Waals surface area contributed by atoms with Crippen LogP contribution >= 0.6 is 0 Å². The Labute approximate surface area is 164 Å². The number of hydrogen-bond donors (Lipinski definition) is 1. The normalized spacial score (nSPS) is 14.0. The van der Waals surface area contributed by atoms with Crippen LogP contribution in [0.25, 0.3) is 10.9 Å². The molecule has 1 aliphatic rings. The molecule has 0 saturated carbocycles. The third kappa shape index (κ3) is 3.39. The van der Waals surface area contributed by atoms with Gasteiger partial charge in [-0.05, 0) is 42.8 Å². The highest BCUT2D eigenvalue weighted by molar-refractivity contribution is 5.97. The van der Waals surface area contributed by atoms with Crippen molar-refractivity contribution in [1.29, 1.82) is 0 Å². The second-order valence-corrected chi connectivity index (χ2v) is 6.99. The summed E-state index contributed by atoms with van der Waals surface area (Å²) in [7, 11) is 3.27. The number of pyridine rings is 1. The van der Waals surface area contributed by atoms with Crippen molar-refractivity contribution in [2.24, 2.45) is 0 Å². The van der Waals surface area contributed by atoms with Crippen LogP contribution < -0.4 is 10.1 Å². The number of ether oxygens (including phenoxy) is 2. The first-order valence-electron chi connectivity index (χ1n) is 9.21. The molecule has 1 N–H and O–H groups in total. The Morgan fingerprint density at radius 3 is 2.68 bits per heavy atom. The molecule has 1 aliphatic heterocycles. The van der Waals surface area contributed by atoms with E-state index in [1.165, 1.54) is 5.56 Å². The summed E-state index contributed by atoms with van der Waals surface area (Å²) in [5, 5.41) is 4.44. The van der Waals surface area contributed by atoms with Gasteiger partial charge < -0.3 is 19.7 Å². The van der Waals surface area contributed by atoms with Crippen molar-refractivity contribution in [2.45, 2.75) is 13.0 Å². The van der Waals surface area contributed by atoms with Gasteiger partial charge in [-0.3, -0.25) is 9.78 Å². The number of nitrogens with one attached hydrogen (secondary N) is 1. The molecule has 0 spiro atoms. The van der Waals surface area contributed by atoms with Crippen LogP contribution in [-0.4, -0.2) is 49.2 Å². The van der Waals surface area contributed by atoms with Gasteiger partial charge in [0.2, 0.25) is 0 Å². The molecule has 3 aromatic rings. The number of anilines is 2. The van der Waals surface area contributed by atoms with Gasteiger partial charge >= 0.3 is 0 Å². The van der Waals surface area contributed by atoms with Crippen LogP contribution in [0.5, 0.6) is 5.75 Å². The maximum absolute atomic E-state index is 12.6. The fourth-order valence-electron chi connectivity index (χ4n) is 3.38.